The highest BCUT2D eigenvalue weighted by molar-refractivity contribution is 7.09. The van der Waals surface area contributed by atoms with Crippen LogP contribution in [0.15, 0.2) is 11.5 Å². The van der Waals surface area contributed by atoms with Crippen LogP contribution >= 0.6 is 11.3 Å². The summed E-state index contributed by atoms with van der Waals surface area (Å²) in [5, 5.41) is 15.6. The van der Waals surface area contributed by atoms with Crippen LogP contribution in [0.4, 0.5) is 0 Å². The summed E-state index contributed by atoms with van der Waals surface area (Å²) in [6.45, 7) is 8.00. The normalized spacial score (nSPS) is 14.8. The molecule has 0 aromatic carbocycles. The van der Waals surface area contributed by atoms with Crippen LogP contribution in [0.3, 0.4) is 0 Å². The summed E-state index contributed by atoms with van der Waals surface area (Å²) >= 11 is 1.55. The molecule has 1 aromatic heterocycles. The first-order valence-corrected chi connectivity index (χ1v) is 7.27. The van der Waals surface area contributed by atoms with Crippen molar-refractivity contribution in [1.29, 1.82) is 0 Å². The molecule has 1 amide bonds. The van der Waals surface area contributed by atoms with Gasteiger partial charge in [0.25, 0.3) is 0 Å². The summed E-state index contributed by atoms with van der Waals surface area (Å²) < 4.78 is 0. The number of carbonyl (C=O) groups excluding carboxylic acids is 1. The van der Waals surface area contributed by atoms with Crippen molar-refractivity contribution in [3.05, 3.63) is 22.2 Å². The van der Waals surface area contributed by atoms with Crippen molar-refractivity contribution in [2.24, 2.45) is 5.92 Å². The summed E-state index contributed by atoms with van der Waals surface area (Å²) in [6.07, 6.45) is 3.78. The van der Waals surface area contributed by atoms with Gasteiger partial charge in [-0.3, -0.25) is 4.79 Å². The monoisotopic (exact) mass is 282 g/mol. The van der Waals surface area contributed by atoms with Gasteiger partial charge in [0.15, 0.2) is 0 Å². The molecule has 2 N–H and O–H groups in total. The summed E-state index contributed by atoms with van der Waals surface area (Å²) in [7, 11) is 0. The first kappa shape index (κ1) is 15.9. The molecule has 0 aliphatic rings. The van der Waals surface area contributed by atoms with Crippen molar-refractivity contribution < 1.29 is 9.90 Å². The van der Waals surface area contributed by atoms with E-state index in [1.807, 2.05) is 26.2 Å². The number of hydrogen-bond acceptors (Lipinski definition) is 4. The Labute approximate surface area is 118 Å². The molecule has 0 radical (unpaired) electrons. The van der Waals surface area contributed by atoms with Crippen molar-refractivity contribution >= 4 is 23.3 Å². The Morgan fingerprint density at radius 1 is 1.63 bits per heavy atom. The summed E-state index contributed by atoms with van der Waals surface area (Å²) in [5.41, 5.74) is -0.0823. The number of amides is 1. The molecule has 0 saturated heterocycles. The van der Waals surface area contributed by atoms with Crippen LogP contribution < -0.4 is 5.32 Å². The van der Waals surface area contributed by atoms with Gasteiger partial charge in [-0.15, -0.1) is 11.3 Å². The van der Waals surface area contributed by atoms with Gasteiger partial charge in [-0.1, -0.05) is 13.8 Å². The zero-order chi connectivity index (χ0) is 14.5. The van der Waals surface area contributed by atoms with Crippen molar-refractivity contribution in [3.63, 3.8) is 0 Å². The van der Waals surface area contributed by atoms with E-state index in [1.54, 1.807) is 24.3 Å². The fourth-order valence-corrected chi connectivity index (χ4v) is 2.49. The summed E-state index contributed by atoms with van der Waals surface area (Å²) in [5.74, 6) is 0.176. The zero-order valence-corrected chi connectivity index (χ0v) is 12.8. The minimum absolute atomic E-state index is 0.213. The molecule has 1 unspecified atom stereocenters. The summed E-state index contributed by atoms with van der Waals surface area (Å²) in [6, 6.07) is 0. The minimum Gasteiger partial charge on any atom is -0.388 e. The van der Waals surface area contributed by atoms with Crippen LogP contribution in [0.5, 0.6) is 0 Å². The molecule has 1 aromatic rings. The second-order valence-electron chi connectivity index (χ2n) is 5.44. The number of aliphatic hydroxyl groups is 1. The molecule has 0 saturated carbocycles. The maximum absolute atomic E-state index is 11.6. The molecule has 0 aliphatic carbocycles. The number of carbonyl (C=O) groups is 1. The predicted octanol–water partition coefficient (Wildman–Crippen LogP) is 2.38. The second kappa shape index (κ2) is 6.82. The van der Waals surface area contributed by atoms with Crippen LogP contribution in [0.25, 0.3) is 6.08 Å². The average molecular weight is 282 g/mol. The molecule has 19 heavy (non-hydrogen) atoms. The number of aryl methyl sites for hydroxylation is 1. The van der Waals surface area contributed by atoms with Gasteiger partial charge in [0.05, 0.1) is 16.3 Å². The second-order valence-corrected chi connectivity index (χ2v) is 6.50. The Morgan fingerprint density at radius 2 is 2.32 bits per heavy atom. The average Bonchev–Trinajstić information content (AvgIpc) is 2.68. The third kappa shape index (κ3) is 6.50. The Hall–Kier alpha value is -1.20. The number of aromatic nitrogens is 1. The van der Waals surface area contributed by atoms with E-state index in [9.17, 15) is 9.90 Å². The molecular weight excluding hydrogens is 260 g/mol. The largest absolute Gasteiger partial charge is 0.388 e. The molecule has 4 nitrogen and oxygen atoms in total. The highest BCUT2D eigenvalue weighted by Crippen LogP contribution is 2.15. The lowest BCUT2D eigenvalue weighted by atomic mass is 9.94. The van der Waals surface area contributed by atoms with Gasteiger partial charge in [-0.2, -0.15) is 0 Å². The van der Waals surface area contributed by atoms with Gasteiger partial charge in [-0.05, 0) is 32.3 Å². The molecule has 5 heteroatoms. The first-order chi connectivity index (χ1) is 8.78. The number of thiazole rings is 1. The Balaban J connectivity index is 2.41. The van der Waals surface area contributed by atoms with Gasteiger partial charge in [-0.25, -0.2) is 4.98 Å². The van der Waals surface area contributed by atoms with E-state index in [4.69, 9.17) is 0 Å². The lowest BCUT2D eigenvalue weighted by molar-refractivity contribution is -0.117. The lowest BCUT2D eigenvalue weighted by Crippen LogP contribution is -2.40. The number of rotatable bonds is 6. The van der Waals surface area contributed by atoms with E-state index < -0.39 is 5.60 Å². The Bertz CT molecular complexity index is 450. The van der Waals surface area contributed by atoms with Crippen LogP contribution in [-0.4, -0.2) is 28.1 Å². The zero-order valence-electron chi connectivity index (χ0n) is 11.9. The van der Waals surface area contributed by atoms with E-state index in [0.29, 0.717) is 12.3 Å². The van der Waals surface area contributed by atoms with E-state index >= 15 is 0 Å². The molecular formula is C14H22N2O2S. The molecule has 0 fully saturated rings. The van der Waals surface area contributed by atoms with E-state index in [1.165, 1.54) is 6.08 Å². The smallest absolute Gasteiger partial charge is 0.244 e. The van der Waals surface area contributed by atoms with Crippen molar-refractivity contribution in [1.82, 2.24) is 10.3 Å². The third-order valence-corrected chi connectivity index (χ3v) is 3.33. The Morgan fingerprint density at radius 3 is 2.84 bits per heavy atom. The molecule has 0 bridgehead atoms. The van der Waals surface area contributed by atoms with Crippen LogP contribution in [0.2, 0.25) is 0 Å². The SMILES string of the molecule is Cc1nc(C=CC(=O)NCC(C)(O)CC(C)C)cs1. The first-order valence-electron chi connectivity index (χ1n) is 6.39. The standard InChI is InChI=1S/C14H22N2O2S/c1-10(2)7-14(4,18)9-15-13(17)6-5-12-8-19-11(3)16-12/h5-6,8,10,18H,7,9H2,1-4H3,(H,15,17). The third-order valence-electron chi connectivity index (χ3n) is 2.53. The fraction of sp³-hybridized carbons (Fsp3) is 0.571. The van der Waals surface area contributed by atoms with E-state index in [2.05, 4.69) is 10.3 Å². The minimum atomic E-state index is -0.866. The molecule has 0 spiro atoms. The van der Waals surface area contributed by atoms with Gasteiger partial charge < -0.3 is 10.4 Å². The van der Waals surface area contributed by atoms with E-state index in [-0.39, 0.29) is 12.5 Å². The fourth-order valence-electron chi connectivity index (χ4n) is 1.91. The van der Waals surface area contributed by atoms with Gasteiger partial charge in [0, 0.05) is 18.0 Å². The van der Waals surface area contributed by atoms with Gasteiger partial charge in [0.1, 0.15) is 0 Å². The van der Waals surface area contributed by atoms with Gasteiger partial charge in [0.2, 0.25) is 5.91 Å². The number of nitrogens with zero attached hydrogens (tertiary/aromatic N) is 1. The summed E-state index contributed by atoms with van der Waals surface area (Å²) in [4.78, 5) is 15.9. The molecule has 106 valence electrons. The molecule has 0 aliphatic heterocycles. The maximum atomic E-state index is 11.6. The molecule has 1 atom stereocenters. The molecule has 1 heterocycles. The Kier molecular flexibility index (Phi) is 5.69. The van der Waals surface area contributed by atoms with Crippen molar-refractivity contribution in [3.8, 4) is 0 Å². The lowest BCUT2D eigenvalue weighted by Gasteiger charge is -2.25. The highest BCUT2D eigenvalue weighted by Gasteiger charge is 2.21. The quantitative estimate of drug-likeness (QED) is 0.787. The molecule has 1 rings (SSSR count). The van der Waals surface area contributed by atoms with Crippen molar-refractivity contribution in [2.75, 3.05) is 6.54 Å². The van der Waals surface area contributed by atoms with Gasteiger partial charge >= 0.3 is 0 Å². The number of nitrogens with one attached hydrogen (secondary N) is 1. The van der Waals surface area contributed by atoms with Crippen LogP contribution in [0.1, 0.15) is 37.9 Å². The number of hydrogen-bond donors (Lipinski definition) is 2. The predicted molar refractivity (Wildman–Crippen MR) is 79.0 cm³/mol. The van der Waals surface area contributed by atoms with Crippen LogP contribution in [0, 0.1) is 12.8 Å². The van der Waals surface area contributed by atoms with Crippen LogP contribution in [-0.2, 0) is 4.79 Å². The topological polar surface area (TPSA) is 62.2 Å². The van der Waals surface area contributed by atoms with Crippen molar-refractivity contribution in [2.45, 2.75) is 39.7 Å². The highest BCUT2D eigenvalue weighted by atomic mass is 32.1. The maximum Gasteiger partial charge on any atom is 0.244 e. The van der Waals surface area contributed by atoms with E-state index in [0.717, 1.165) is 10.7 Å².